The first-order valence-corrected chi connectivity index (χ1v) is 7.92. The molecule has 3 heteroatoms. The molecule has 0 bridgehead atoms. The monoisotopic (exact) mass is 266 g/mol. The molecule has 3 nitrogen and oxygen atoms in total. The van der Waals surface area contributed by atoms with Crippen molar-refractivity contribution < 1.29 is 4.79 Å². The Bertz CT molecular complexity index is 313. The summed E-state index contributed by atoms with van der Waals surface area (Å²) >= 11 is 0. The van der Waals surface area contributed by atoms with Crippen molar-refractivity contribution in [3.8, 4) is 0 Å². The molecule has 19 heavy (non-hydrogen) atoms. The third-order valence-electron chi connectivity index (χ3n) is 4.92. The van der Waals surface area contributed by atoms with Gasteiger partial charge in [-0.1, -0.05) is 27.7 Å². The van der Waals surface area contributed by atoms with E-state index in [0.717, 1.165) is 32.1 Å². The van der Waals surface area contributed by atoms with Gasteiger partial charge in [-0.3, -0.25) is 0 Å². The minimum absolute atomic E-state index is 0.291. The van der Waals surface area contributed by atoms with E-state index in [0.29, 0.717) is 17.4 Å². The number of nitrogens with zero attached hydrogens (tertiary/aromatic N) is 2. The van der Waals surface area contributed by atoms with E-state index in [9.17, 15) is 4.79 Å². The largest absolute Gasteiger partial charge is 0.325 e. The molecule has 1 atom stereocenters. The summed E-state index contributed by atoms with van der Waals surface area (Å²) in [4.78, 5) is 16.7. The number of hydrogen-bond donors (Lipinski definition) is 0. The van der Waals surface area contributed by atoms with Crippen LogP contribution in [0.15, 0.2) is 0 Å². The van der Waals surface area contributed by atoms with Crippen LogP contribution in [0.4, 0.5) is 4.79 Å². The summed E-state index contributed by atoms with van der Waals surface area (Å²) in [5.41, 5.74) is 0.384. The Labute approximate surface area is 118 Å². The van der Waals surface area contributed by atoms with Crippen molar-refractivity contribution in [2.45, 2.75) is 53.4 Å². The van der Waals surface area contributed by atoms with Gasteiger partial charge in [0, 0.05) is 26.2 Å². The van der Waals surface area contributed by atoms with Crippen molar-refractivity contribution in [2.24, 2.45) is 17.3 Å². The predicted molar refractivity (Wildman–Crippen MR) is 79.1 cm³/mol. The first-order chi connectivity index (χ1) is 8.88. The summed E-state index contributed by atoms with van der Waals surface area (Å²) in [6.45, 7) is 13.0. The van der Waals surface area contributed by atoms with Gasteiger partial charge < -0.3 is 9.80 Å². The second kappa shape index (κ2) is 5.72. The number of piperidine rings is 2. The molecule has 110 valence electrons. The zero-order valence-electron chi connectivity index (χ0n) is 13.1. The molecular formula is C16H30N2O. The molecule has 2 aliphatic rings. The highest BCUT2D eigenvalue weighted by atomic mass is 16.2. The minimum atomic E-state index is 0.291. The normalized spacial score (nSPS) is 26.6. The lowest BCUT2D eigenvalue weighted by molar-refractivity contribution is 0.0919. The Balaban J connectivity index is 1.85. The lowest BCUT2D eigenvalue weighted by Gasteiger charge is -2.41. The summed E-state index contributed by atoms with van der Waals surface area (Å²) in [5, 5.41) is 0. The maximum Gasteiger partial charge on any atom is 0.320 e. The lowest BCUT2D eigenvalue weighted by Crippen LogP contribution is -2.50. The average Bonchev–Trinajstić information content (AvgIpc) is 2.37. The molecular weight excluding hydrogens is 236 g/mol. The third kappa shape index (κ3) is 3.64. The second-order valence-electron chi connectivity index (χ2n) is 7.60. The number of hydrogen-bond acceptors (Lipinski definition) is 1. The van der Waals surface area contributed by atoms with Crippen LogP contribution in [0, 0.1) is 17.3 Å². The van der Waals surface area contributed by atoms with Crippen LogP contribution in [0.3, 0.4) is 0 Å². The molecule has 2 fully saturated rings. The molecule has 1 unspecified atom stereocenters. The molecule has 2 aliphatic heterocycles. The van der Waals surface area contributed by atoms with E-state index in [1.54, 1.807) is 0 Å². The fraction of sp³-hybridized carbons (Fsp3) is 0.938. The van der Waals surface area contributed by atoms with Gasteiger partial charge in [0.15, 0.2) is 0 Å². The summed E-state index contributed by atoms with van der Waals surface area (Å²) in [7, 11) is 0. The molecule has 2 amide bonds. The third-order valence-corrected chi connectivity index (χ3v) is 4.92. The van der Waals surface area contributed by atoms with Crippen LogP contribution >= 0.6 is 0 Å². The van der Waals surface area contributed by atoms with Crippen LogP contribution < -0.4 is 0 Å². The second-order valence-corrected chi connectivity index (χ2v) is 7.60. The van der Waals surface area contributed by atoms with Gasteiger partial charge in [-0.05, 0) is 42.9 Å². The Kier molecular flexibility index (Phi) is 4.42. The van der Waals surface area contributed by atoms with Crippen molar-refractivity contribution in [3.63, 3.8) is 0 Å². The maximum atomic E-state index is 12.5. The van der Waals surface area contributed by atoms with Crippen LogP contribution in [0.25, 0.3) is 0 Å². The van der Waals surface area contributed by atoms with Gasteiger partial charge in [0.25, 0.3) is 0 Å². The van der Waals surface area contributed by atoms with Gasteiger partial charge in [-0.25, -0.2) is 4.79 Å². The Hall–Kier alpha value is -0.730. The Morgan fingerprint density at radius 3 is 2.16 bits per heavy atom. The molecule has 0 spiro atoms. The van der Waals surface area contributed by atoms with Crippen molar-refractivity contribution in [2.75, 3.05) is 26.2 Å². The quantitative estimate of drug-likeness (QED) is 0.657. The van der Waals surface area contributed by atoms with Crippen molar-refractivity contribution in [1.82, 2.24) is 9.80 Å². The fourth-order valence-corrected chi connectivity index (χ4v) is 3.50. The van der Waals surface area contributed by atoms with Gasteiger partial charge in [0.1, 0.15) is 0 Å². The molecule has 2 saturated heterocycles. The average molecular weight is 266 g/mol. The predicted octanol–water partition coefficient (Wildman–Crippen LogP) is 3.60. The van der Waals surface area contributed by atoms with E-state index in [1.807, 2.05) is 0 Å². The first-order valence-electron chi connectivity index (χ1n) is 7.92. The molecule has 0 aromatic heterocycles. The fourth-order valence-electron chi connectivity index (χ4n) is 3.50. The number of carbonyl (C=O) groups excluding carboxylic acids is 1. The molecule has 0 saturated carbocycles. The summed E-state index contributed by atoms with van der Waals surface area (Å²) in [6.07, 6.45) is 4.78. The number of urea groups is 1. The van der Waals surface area contributed by atoms with E-state index < -0.39 is 0 Å². The van der Waals surface area contributed by atoms with Gasteiger partial charge in [0.2, 0.25) is 0 Å². The van der Waals surface area contributed by atoms with Crippen LogP contribution in [0.2, 0.25) is 0 Å². The molecule has 0 radical (unpaired) electrons. The van der Waals surface area contributed by atoms with E-state index in [1.165, 1.54) is 25.7 Å². The van der Waals surface area contributed by atoms with Crippen molar-refractivity contribution >= 4 is 6.03 Å². The van der Waals surface area contributed by atoms with Crippen LogP contribution in [0.5, 0.6) is 0 Å². The molecule has 2 heterocycles. The van der Waals surface area contributed by atoms with Crippen molar-refractivity contribution in [1.29, 1.82) is 0 Å². The highest BCUT2D eigenvalue weighted by Gasteiger charge is 2.32. The summed E-state index contributed by atoms with van der Waals surface area (Å²) in [6, 6.07) is 0.291. The molecule has 0 N–H and O–H groups in total. The summed E-state index contributed by atoms with van der Waals surface area (Å²) < 4.78 is 0. The lowest BCUT2D eigenvalue weighted by atomic mass is 9.75. The standard InChI is InChI=1S/C16H30N2O/c1-13-6-5-9-18(12-13)15(19)17-10-7-14(8-11-17)16(2,3)4/h13-14H,5-12H2,1-4H3. The van der Waals surface area contributed by atoms with E-state index >= 15 is 0 Å². The Morgan fingerprint density at radius 2 is 1.63 bits per heavy atom. The van der Waals surface area contributed by atoms with Gasteiger partial charge >= 0.3 is 6.03 Å². The minimum Gasteiger partial charge on any atom is -0.325 e. The highest BCUT2D eigenvalue weighted by Crippen LogP contribution is 2.34. The highest BCUT2D eigenvalue weighted by molar-refractivity contribution is 5.74. The van der Waals surface area contributed by atoms with Crippen LogP contribution in [0.1, 0.15) is 53.4 Å². The molecule has 2 rings (SSSR count). The van der Waals surface area contributed by atoms with E-state index in [-0.39, 0.29) is 0 Å². The van der Waals surface area contributed by atoms with Crippen molar-refractivity contribution in [3.05, 3.63) is 0 Å². The van der Waals surface area contributed by atoms with Gasteiger partial charge in [-0.2, -0.15) is 0 Å². The van der Waals surface area contributed by atoms with Crippen LogP contribution in [-0.4, -0.2) is 42.0 Å². The van der Waals surface area contributed by atoms with Crippen LogP contribution in [-0.2, 0) is 0 Å². The smallest absolute Gasteiger partial charge is 0.320 e. The number of rotatable bonds is 0. The number of carbonyl (C=O) groups is 1. The molecule has 0 aromatic rings. The SMILES string of the molecule is CC1CCCN(C(=O)N2CCC(C(C)(C)C)CC2)C1. The maximum absolute atomic E-state index is 12.5. The zero-order valence-corrected chi connectivity index (χ0v) is 13.1. The molecule has 0 aromatic carbocycles. The molecule has 0 aliphatic carbocycles. The summed E-state index contributed by atoms with van der Waals surface area (Å²) in [5.74, 6) is 1.43. The van der Waals surface area contributed by atoms with E-state index in [4.69, 9.17) is 0 Å². The number of amides is 2. The number of likely N-dealkylation sites (tertiary alicyclic amines) is 2. The zero-order chi connectivity index (χ0) is 14.0. The van der Waals surface area contributed by atoms with Gasteiger partial charge in [0.05, 0.1) is 0 Å². The van der Waals surface area contributed by atoms with E-state index in [2.05, 4.69) is 37.5 Å². The first kappa shape index (κ1) is 14.7. The topological polar surface area (TPSA) is 23.6 Å². The van der Waals surface area contributed by atoms with Gasteiger partial charge in [-0.15, -0.1) is 0 Å². The Morgan fingerprint density at radius 1 is 1.00 bits per heavy atom.